The molecular weight excluding hydrogens is 510 g/mol. The lowest BCUT2D eigenvalue weighted by atomic mass is 10.1. The molecule has 210 valence electrons. The minimum atomic E-state index is -0.830. The van der Waals surface area contributed by atoms with E-state index in [0.29, 0.717) is 43.6 Å². The van der Waals surface area contributed by atoms with E-state index in [1.54, 1.807) is 48.5 Å². The van der Waals surface area contributed by atoms with Gasteiger partial charge in [-0.2, -0.15) is 0 Å². The van der Waals surface area contributed by atoms with Gasteiger partial charge in [0.15, 0.2) is 0 Å². The van der Waals surface area contributed by atoms with Crippen LogP contribution in [0.25, 0.3) is 0 Å². The average molecular weight is 546 g/mol. The molecule has 3 aromatic carbocycles. The summed E-state index contributed by atoms with van der Waals surface area (Å²) in [6.07, 6.45) is 3.02. The maximum atomic E-state index is 12.8. The van der Waals surface area contributed by atoms with E-state index < -0.39 is 18.0 Å². The van der Waals surface area contributed by atoms with Crippen LogP contribution in [0.5, 0.6) is 11.5 Å². The van der Waals surface area contributed by atoms with Crippen molar-refractivity contribution in [3.63, 3.8) is 0 Å². The molecule has 0 radical (unpaired) electrons. The monoisotopic (exact) mass is 545 g/mol. The topological polar surface area (TPSA) is 108 Å². The minimum Gasteiger partial charge on any atom is -0.464 e. The van der Waals surface area contributed by atoms with E-state index in [2.05, 4.69) is 5.32 Å². The fourth-order valence-electron chi connectivity index (χ4n) is 3.90. The van der Waals surface area contributed by atoms with Crippen LogP contribution in [0.2, 0.25) is 0 Å². The number of rotatable bonds is 16. The first-order valence-corrected chi connectivity index (χ1v) is 13.5. The maximum Gasteiger partial charge on any atom is 0.328 e. The summed E-state index contributed by atoms with van der Waals surface area (Å²) >= 11 is 0. The van der Waals surface area contributed by atoms with Crippen LogP contribution in [0.3, 0.4) is 0 Å². The normalized spacial score (nSPS) is 11.2. The number of hydrogen-bond acceptors (Lipinski definition) is 7. The van der Waals surface area contributed by atoms with Gasteiger partial charge in [0.05, 0.1) is 13.0 Å². The van der Waals surface area contributed by atoms with Gasteiger partial charge in [-0.05, 0) is 49.1 Å². The molecule has 0 saturated heterocycles. The summed E-state index contributed by atoms with van der Waals surface area (Å²) in [5.74, 6) is -0.610. The number of esters is 3. The number of carbonyl (C=O) groups excluding carboxylic acids is 4. The lowest BCUT2D eigenvalue weighted by Crippen LogP contribution is -2.42. The Morgan fingerprint density at radius 2 is 1.15 bits per heavy atom. The summed E-state index contributed by atoms with van der Waals surface area (Å²) in [6.45, 7) is 0.0269. The molecule has 0 aliphatic rings. The van der Waals surface area contributed by atoms with Crippen molar-refractivity contribution in [2.24, 2.45) is 0 Å². The number of unbranched alkanes of at least 4 members (excludes halogenated alkanes) is 2. The standard InChI is InChI=1S/C32H35NO7/c34-29(24-25-14-5-1-6-15-25)33-28(20-11-4-12-21-30(35)39-26-16-7-2-8-17-26)32(37)38-23-13-22-31(36)40-27-18-9-3-10-19-27/h1-3,5-10,14-19,28H,4,11-13,20-24H2,(H,33,34). The zero-order valence-electron chi connectivity index (χ0n) is 22.5. The smallest absolute Gasteiger partial charge is 0.328 e. The molecule has 8 heteroatoms. The van der Waals surface area contributed by atoms with Gasteiger partial charge in [0.25, 0.3) is 0 Å². The highest BCUT2D eigenvalue weighted by Crippen LogP contribution is 2.13. The zero-order chi connectivity index (χ0) is 28.4. The third-order valence-corrected chi connectivity index (χ3v) is 5.92. The predicted octanol–water partition coefficient (Wildman–Crippen LogP) is 5.20. The van der Waals surface area contributed by atoms with Crippen molar-refractivity contribution in [2.75, 3.05) is 6.61 Å². The highest BCUT2D eigenvalue weighted by Gasteiger charge is 2.22. The molecule has 0 aliphatic heterocycles. The molecule has 0 heterocycles. The van der Waals surface area contributed by atoms with E-state index in [1.165, 1.54) is 0 Å². The first kappa shape index (κ1) is 30.1. The Balaban J connectivity index is 1.41. The summed E-state index contributed by atoms with van der Waals surface area (Å²) in [7, 11) is 0. The van der Waals surface area contributed by atoms with Gasteiger partial charge in [-0.3, -0.25) is 14.4 Å². The van der Waals surface area contributed by atoms with Crippen LogP contribution in [0.15, 0.2) is 91.0 Å². The number of amides is 1. The van der Waals surface area contributed by atoms with Gasteiger partial charge in [-0.1, -0.05) is 79.6 Å². The molecule has 1 N–H and O–H groups in total. The molecule has 40 heavy (non-hydrogen) atoms. The molecular formula is C32H35NO7. The summed E-state index contributed by atoms with van der Waals surface area (Å²) in [5, 5.41) is 2.78. The predicted molar refractivity (Wildman–Crippen MR) is 150 cm³/mol. The number of benzene rings is 3. The van der Waals surface area contributed by atoms with Crippen LogP contribution >= 0.6 is 0 Å². The summed E-state index contributed by atoms with van der Waals surface area (Å²) < 4.78 is 15.9. The Kier molecular flexibility index (Phi) is 12.9. The average Bonchev–Trinajstić information content (AvgIpc) is 2.96. The molecule has 8 nitrogen and oxygen atoms in total. The highest BCUT2D eigenvalue weighted by molar-refractivity contribution is 5.85. The lowest BCUT2D eigenvalue weighted by Gasteiger charge is -2.18. The fourth-order valence-corrected chi connectivity index (χ4v) is 3.90. The van der Waals surface area contributed by atoms with Gasteiger partial charge >= 0.3 is 17.9 Å². The molecule has 0 fully saturated rings. The van der Waals surface area contributed by atoms with Crippen LogP contribution in [-0.2, 0) is 30.3 Å². The van der Waals surface area contributed by atoms with E-state index in [0.717, 1.165) is 5.56 Å². The number of ether oxygens (including phenoxy) is 3. The molecule has 0 saturated carbocycles. The van der Waals surface area contributed by atoms with Gasteiger partial charge < -0.3 is 19.5 Å². The van der Waals surface area contributed by atoms with Crippen molar-refractivity contribution in [1.82, 2.24) is 5.32 Å². The van der Waals surface area contributed by atoms with Crippen LogP contribution < -0.4 is 14.8 Å². The third kappa shape index (κ3) is 11.9. The largest absolute Gasteiger partial charge is 0.464 e. The van der Waals surface area contributed by atoms with Crippen molar-refractivity contribution >= 4 is 23.8 Å². The number of carbonyl (C=O) groups is 4. The SMILES string of the molecule is O=C(Cc1ccccc1)NC(CCCCCC(=O)Oc1ccccc1)C(=O)OCCCC(=O)Oc1ccccc1. The molecule has 0 aliphatic carbocycles. The Hall–Kier alpha value is -4.46. The zero-order valence-corrected chi connectivity index (χ0v) is 22.5. The Labute approximate surface area is 234 Å². The van der Waals surface area contributed by atoms with Crippen molar-refractivity contribution in [3.8, 4) is 11.5 Å². The van der Waals surface area contributed by atoms with E-state index >= 15 is 0 Å². The van der Waals surface area contributed by atoms with Gasteiger partial charge in [0.2, 0.25) is 5.91 Å². The van der Waals surface area contributed by atoms with Gasteiger partial charge in [-0.25, -0.2) is 4.79 Å². The quantitative estimate of drug-likeness (QED) is 0.150. The van der Waals surface area contributed by atoms with E-state index in [4.69, 9.17) is 14.2 Å². The van der Waals surface area contributed by atoms with Crippen molar-refractivity contribution in [3.05, 3.63) is 96.6 Å². The molecule has 3 rings (SSSR count). The van der Waals surface area contributed by atoms with Gasteiger partial charge in [-0.15, -0.1) is 0 Å². The Morgan fingerprint density at radius 3 is 1.73 bits per heavy atom. The van der Waals surface area contributed by atoms with Gasteiger partial charge in [0.1, 0.15) is 17.5 Å². The summed E-state index contributed by atoms with van der Waals surface area (Å²) in [5.41, 5.74) is 0.834. The van der Waals surface area contributed by atoms with Crippen LogP contribution in [0.1, 0.15) is 50.5 Å². The highest BCUT2D eigenvalue weighted by atomic mass is 16.5. The molecule has 1 unspecified atom stereocenters. The van der Waals surface area contributed by atoms with E-state index in [9.17, 15) is 19.2 Å². The molecule has 1 amide bonds. The minimum absolute atomic E-state index is 0.0269. The second-order valence-corrected chi connectivity index (χ2v) is 9.23. The van der Waals surface area contributed by atoms with Crippen LogP contribution in [0, 0.1) is 0 Å². The Bertz CT molecular complexity index is 1200. The van der Waals surface area contributed by atoms with Crippen LogP contribution in [0.4, 0.5) is 0 Å². The van der Waals surface area contributed by atoms with Crippen molar-refractivity contribution in [1.29, 1.82) is 0 Å². The third-order valence-electron chi connectivity index (χ3n) is 5.92. The first-order chi connectivity index (χ1) is 19.5. The Morgan fingerprint density at radius 1 is 0.625 bits per heavy atom. The summed E-state index contributed by atoms with van der Waals surface area (Å²) in [4.78, 5) is 49.5. The molecule has 1 atom stereocenters. The number of hydrogen-bond donors (Lipinski definition) is 1. The number of nitrogens with one attached hydrogen (secondary N) is 1. The molecule has 3 aromatic rings. The van der Waals surface area contributed by atoms with Gasteiger partial charge in [0, 0.05) is 12.8 Å². The first-order valence-electron chi connectivity index (χ1n) is 13.5. The van der Waals surface area contributed by atoms with Crippen molar-refractivity contribution in [2.45, 2.75) is 57.4 Å². The number of para-hydroxylation sites is 2. The van der Waals surface area contributed by atoms with E-state index in [-0.39, 0.29) is 37.7 Å². The maximum absolute atomic E-state index is 12.8. The second kappa shape index (κ2) is 17.2. The lowest BCUT2D eigenvalue weighted by molar-refractivity contribution is -0.149. The molecule has 0 aromatic heterocycles. The summed E-state index contributed by atoms with van der Waals surface area (Å²) in [6, 6.07) is 26.0. The van der Waals surface area contributed by atoms with E-state index in [1.807, 2.05) is 42.5 Å². The molecule has 0 spiro atoms. The fraction of sp³-hybridized carbons (Fsp3) is 0.312. The van der Waals surface area contributed by atoms with Crippen molar-refractivity contribution < 1.29 is 33.4 Å². The second-order valence-electron chi connectivity index (χ2n) is 9.23. The molecule has 0 bridgehead atoms. The van der Waals surface area contributed by atoms with Crippen LogP contribution in [-0.4, -0.2) is 36.5 Å².